The van der Waals surface area contributed by atoms with Crippen LogP contribution in [-0.2, 0) is 0 Å². The van der Waals surface area contributed by atoms with Gasteiger partial charge in [0.2, 0.25) is 0 Å². The van der Waals surface area contributed by atoms with Gasteiger partial charge in [-0.2, -0.15) is 0 Å². The first kappa shape index (κ1) is 20.6. The van der Waals surface area contributed by atoms with Crippen molar-refractivity contribution in [3.63, 3.8) is 0 Å². The SMILES string of the molecule is CC1CC=Cc2oc3c(N(C)C)c(C4=CC=C5C(C4)C4=C(CCC=C=C4)C5(C)C)ccc3c21. The van der Waals surface area contributed by atoms with Crippen molar-refractivity contribution in [3.8, 4) is 0 Å². The lowest BCUT2D eigenvalue weighted by molar-refractivity contribution is 0.506. The van der Waals surface area contributed by atoms with Crippen LogP contribution in [0.15, 0.2) is 69.4 Å². The first-order valence-corrected chi connectivity index (χ1v) is 12.4. The highest BCUT2D eigenvalue weighted by Crippen LogP contribution is 2.57. The van der Waals surface area contributed by atoms with E-state index in [0.717, 1.165) is 37.0 Å². The van der Waals surface area contributed by atoms with Crippen LogP contribution >= 0.6 is 0 Å². The van der Waals surface area contributed by atoms with Gasteiger partial charge in [-0.05, 0) is 61.0 Å². The molecule has 0 saturated heterocycles. The first-order valence-electron chi connectivity index (χ1n) is 12.4. The maximum Gasteiger partial charge on any atom is 0.158 e. The van der Waals surface area contributed by atoms with Gasteiger partial charge >= 0.3 is 0 Å². The van der Waals surface area contributed by atoms with E-state index < -0.39 is 0 Å². The largest absolute Gasteiger partial charge is 0.454 e. The van der Waals surface area contributed by atoms with Gasteiger partial charge in [0.05, 0.1) is 5.69 Å². The van der Waals surface area contributed by atoms with Crippen LogP contribution in [0.5, 0.6) is 0 Å². The fourth-order valence-corrected chi connectivity index (χ4v) is 6.68. The Labute approximate surface area is 197 Å². The van der Waals surface area contributed by atoms with Gasteiger partial charge in [0.25, 0.3) is 0 Å². The average molecular weight is 436 g/mol. The van der Waals surface area contributed by atoms with Crippen LogP contribution < -0.4 is 4.90 Å². The molecule has 0 saturated carbocycles. The zero-order chi connectivity index (χ0) is 22.9. The Kier molecular flexibility index (Phi) is 4.55. The molecule has 2 heteroatoms. The molecule has 0 radical (unpaired) electrons. The molecular weight excluding hydrogens is 402 g/mol. The molecule has 1 heterocycles. The van der Waals surface area contributed by atoms with E-state index in [2.05, 4.69) is 94.1 Å². The summed E-state index contributed by atoms with van der Waals surface area (Å²) in [5.41, 5.74) is 14.6. The van der Waals surface area contributed by atoms with Crippen LogP contribution in [0.3, 0.4) is 0 Å². The first-order chi connectivity index (χ1) is 15.9. The molecule has 1 aromatic carbocycles. The quantitative estimate of drug-likeness (QED) is 0.442. The summed E-state index contributed by atoms with van der Waals surface area (Å²) >= 11 is 0. The van der Waals surface area contributed by atoms with E-state index >= 15 is 0 Å². The number of allylic oxidation sites excluding steroid dienone is 8. The van der Waals surface area contributed by atoms with Gasteiger partial charge in [0.15, 0.2) is 5.58 Å². The summed E-state index contributed by atoms with van der Waals surface area (Å²) in [5, 5.41) is 1.27. The van der Waals surface area contributed by atoms with Crippen molar-refractivity contribution in [1.82, 2.24) is 0 Å². The molecule has 0 amide bonds. The molecule has 2 nitrogen and oxygen atoms in total. The lowest BCUT2D eigenvalue weighted by Crippen LogP contribution is -2.18. The minimum Gasteiger partial charge on any atom is -0.454 e. The minimum atomic E-state index is 0.134. The highest BCUT2D eigenvalue weighted by molar-refractivity contribution is 6.00. The van der Waals surface area contributed by atoms with Crippen LogP contribution in [0, 0.1) is 11.3 Å². The molecule has 6 rings (SSSR count). The molecule has 0 N–H and O–H groups in total. The predicted octanol–water partition coefficient (Wildman–Crippen LogP) is 8.19. The van der Waals surface area contributed by atoms with E-state index in [-0.39, 0.29) is 5.41 Å². The summed E-state index contributed by atoms with van der Waals surface area (Å²) in [4.78, 5) is 2.23. The summed E-state index contributed by atoms with van der Waals surface area (Å²) < 4.78 is 6.51. The lowest BCUT2D eigenvalue weighted by atomic mass is 9.74. The lowest BCUT2D eigenvalue weighted by Gasteiger charge is -2.30. The fraction of sp³-hybridized carbons (Fsp3) is 0.387. The second kappa shape index (κ2) is 7.27. The van der Waals surface area contributed by atoms with Gasteiger partial charge in [-0.15, -0.1) is 5.73 Å². The van der Waals surface area contributed by atoms with E-state index in [0.29, 0.717) is 11.8 Å². The van der Waals surface area contributed by atoms with Gasteiger partial charge in [0.1, 0.15) is 5.76 Å². The van der Waals surface area contributed by atoms with Gasteiger partial charge < -0.3 is 9.32 Å². The summed E-state index contributed by atoms with van der Waals surface area (Å²) in [6, 6.07) is 4.63. The molecule has 0 spiro atoms. The molecule has 2 unspecified atom stereocenters. The Hall–Kier alpha value is -2.96. The Morgan fingerprint density at radius 2 is 2.00 bits per heavy atom. The molecule has 0 bridgehead atoms. The van der Waals surface area contributed by atoms with E-state index in [1.807, 2.05) is 0 Å². The highest BCUT2D eigenvalue weighted by Gasteiger charge is 2.43. The van der Waals surface area contributed by atoms with Crippen LogP contribution in [-0.4, -0.2) is 14.1 Å². The zero-order valence-corrected chi connectivity index (χ0v) is 20.5. The molecule has 0 fully saturated rings. The summed E-state index contributed by atoms with van der Waals surface area (Å²) in [6.45, 7) is 7.12. The van der Waals surface area contributed by atoms with Crippen LogP contribution in [0.2, 0.25) is 0 Å². The maximum absolute atomic E-state index is 6.51. The molecule has 4 aliphatic carbocycles. The second-order valence-corrected chi connectivity index (χ2v) is 10.8. The fourth-order valence-electron chi connectivity index (χ4n) is 6.68. The van der Waals surface area contributed by atoms with Crippen LogP contribution in [0.25, 0.3) is 22.6 Å². The normalized spacial score (nSPS) is 24.9. The number of hydrogen-bond acceptors (Lipinski definition) is 2. The zero-order valence-electron chi connectivity index (χ0n) is 20.5. The average Bonchev–Trinajstić information content (AvgIpc) is 3.12. The number of anilines is 1. The summed E-state index contributed by atoms with van der Waals surface area (Å²) in [5.74, 6) is 1.98. The van der Waals surface area contributed by atoms with E-state index in [1.165, 1.54) is 33.3 Å². The Balaban J connectivity index is 1.50. The number of hydrogen-bond donors (Lipinski definition) is 0. The maximum atomic E-state index is 6.51. The van der Waals surface area contributed by atoms with Crippen molar-refractivity contribution in [2.45, 2.75) is 52.4 Å². The number of benzene rings is 1. The second-order valence-electron chi connectivity index (χ2n) is 10.8. The van der Waals surface area contributed by atoms with Gasteiger partial charge in [0, 0.05) is 41.9 Å². The molecule has 33 heavy (non-hydrogen) atoms. The minimum absolute atomic E-state index is 0.134. The van der Waals surface area contributed by atoms with E-state index in [1.54, 1.807) is 11.1 Å². The topological polar surface area (TPSA) is 16.4 Å². The van der Waals surface area contributed by atoms with Crippen molar-refractivity contribution in [2.24, 2.45) is 11.3 Å². The number of furan rings is 1. The molecular formula is C31H33NO. The third-order valence-electron chi connectivity index (χ3n) is 8.30. The third-order valence-corrected chi connectivity index (χ3v) is 8.30. The monoisotopic (exact) mass is 435 g/mol. The van der Waals surface area contributed by atoms with Crippen molar-refractivity contribution in [2.75, 3.05) is 19.0 Å². The van der Waals surface area contributed by atoms with Crippen molar-refractivity contribution in [3.05, 3.63) is 81.9 Å². The predicted molar refractivity (Wildman–Crippen MR) is 139 cm³/mol. The van der Waals surface area contributed by atoms with Crippen molar-refractivity contribution >= 4 is 28.3 Å². The summed E-state index contributed by atoms with van der Waals surface area (Å²) in [6.07, 6.45) is 18.0. The molecule has 2 aromatic rings. The van der Waals surface area contributed by atoms with E-state index in [9.17, 15) is 0 Å². The number of nitrogens with zero attached hydrogens (tertiary/aromatic N) is 1. The van der Waals surface area contributed by atoms with Crippen LogP contribution in [0.4, 0.5) is 5.69 Å². The standard InChI is InChI=1S/C31H33NO/c1-19-10-9-13-27-28(19)23-16-15-21(29(32(4)5)30(23)33-27)20-14-17-26-24(18-20)22-11-7-6-8-12-25(22)31(26,2)3/h6,9,11,13-17,19,24H,8,10,12,18H2,1-5H3. The van der Waals surface area contributed by atoms with Crippen molar-refractivity contribution in [1.29, 1.82) is 0 Å². The number of fused-ring (bicyclic) bond motifs is 5. The molecule has 168 valence electrons. The Morgan fingerprint density at radius 1 is 1.15 bits per heavy atom. The van der Waals surface area contributed by atoms with Gasteiger partial charge in [-0.1, -0.05) is 62.3 Å². The summed E-state index contributed by atoms with van der Waals surface area (Å²) in [7, 11) is 4.28. The molecule has 4 aliphatic rings. The van der Waals surface area contributed by atoms with E-state index in [4.69, 9.17) is 4.42 Å². The van der Waals surface area contributed by atoms with Crippen LogP contribution in [0.1, 0.15) is 69.3 Å². The van der Waals surface area contributed by atoms with Gasteiger partial charge in [-0.25, -0.2) is 0 Å². The third kappa shape index (κ3) is 2.94. The Bertz CT molecular complexity index is 1360. The molecule has 2 atom stereocenters. The molecule has 1 aromatic heterocycles. The highest BCUT2D eigenvalue weighted by atomic mass is 16.3. The number of rotatable bonds is 2. The smallest absolute Gasteiger partial charge is 0.158 e. The molecule has 0 aliphatic heterocycles. The van der Waals surface area contributed by atoms with Gasteiger partial charge in [-0.3, -0.25) is 0 Å². The van der Waals surface area contributed by atoms with Crippen molar-refractivity contribution < 1.29 is 4.42 Å². The Morgan fingerprint density at radius 3 is 2.82 bits per heavy atom.